The molecule has 0 radical (unpaired) electrons. The van der Waals surface area contributed by atoms with E-state index < -0.39 is 60.6 Å². The molecule has 114 valence electrons. The van der Waals surface area contributed by atoms with Gasteiger partial charge in [0.1, 0.15) is 0 Å². The van der Waals surface area contributed by atoms with Crippen LogP contribution in [0.3, 0.4) is 0 Å². The van der Waals surface area contributed by atoms with E-state index in [0.717, 1.165) is 0 Å². The van der Waals surface area contributed by atoms with Gasteiger partial charge in [-0.2, -0.15) is 0 Å². The fraction of sp³-hybridized carbons (Fsp3) is 0.600. The van der Waals surface area contributed by atoms with Crippen molar-refractivity contribution in [3.63, 3.8) is 0 Å². The topological polar surface area (TPSA) is 213 Å². The van der Waals surface area contributed by atoms with Crippen molar-refractivity contribution in [2.45, 2.75) is 36.8 Å². The first-order valence-electron chi connectivity index (χ1n) is 5.29. The maximum Gasteiger partial charge on any atom is 2.00 e. The molecule has 0 rings (SSSR count). The number of carbonyl (C=O) groups is 4. The van der Waals surface area contributed by atoms with Crippen molar-refractivity contribution in [3.05, 3.63) is 0 Å². The van der Waals surface area contributed by atoms with Gasteiger partial charge in [-0.1, -0.05) is 0 Å². The molecule has 0 saturated carbocycles. The van der Waals surface area contributed by atoms with Crippen molar-refractivity contribution in [2.75, 3.05) is 0 Å². The number of rotatable bonds is 9. The quantitative estimate of drug-likeness (QED) is 0.363. The van der Waals surface area contributed by atoms with Gasteiger partial charge < -0.3 is 51.1 Å². The van der Waals surface area contributed by atoms with Gasteiger partial charge in [-0.25, -0.2) is 0 Å². The van der Waals surface area contributed by atoms with Crippen molar-refractivity contribution in [3.8, 4) is 0 Å². The molecule has 23 heavy (non-hydrogen) atoms. The van der Waals surface area contributed by atoms with E-state index in [2.05, 4.69) is 0 Å². The molecule has 0 atom stereocenters. The standard InChI is InChI=1S/C10H16N2O8.Ca.2Na/c11-9(1-5(13)14,2-6(15)16)10(12,3-7(17)18)4-8(19)20;;;/h1-4,11-12H2,(H,13,14)(H,15,16)(H,17,18)(H,19,20);;;/q;+2;2*+1/p-4. The Kier molecular flexibility index (Phi) is 18.4. The molecule has 0 saturated heterocycles. The monoisotopic (exact) mass is 374 g/mol. The summed E-state index contributed by atoms with van der Waals surface area (Å²) >= 11 is 0. The average molecular weight is 374 g/mol. The van der Waals surface area contributed by atoms with Gasteiger partial charge in [0, 0.05) is 60.6 Å². The van der Waals surface area contributed by atoms with Crippen molar-refractivity contribution in [1.82, 2.24) is 0 Å². The molecule has 0 heterocycles. The fourth-order valence-electron chi connectivity index (χ4n) is 1.86. The second kappa shape index (κ2) is 13.3. The van der Waals surface area contributed by atoms with E-state index in [0.29, 0.717) is 0 Å². The fourth-order valence-corrected chi connectivity index (χ4v) is 1.86. The van der Waals surface area contributed by atoms with Crippen LogP contribution in [-0.2, 0) is 19.2 Å². The van der Waals surface area contributed by atoms with Crippen molar-refractivity contribution >= 4 is 61.6 Å². The minimum atomic E-state index is -2.43. The van der Waals surface area contributed by atoms with Crippen molar-refractivity contribution < 1.29 is 98.7 Å². The smallest absolute Gasteiger partial charge is 0.550 e. The molecular formula is C10H12CaN2Na2O8. The van der Waals surface area contributed by atoms with E-state index in [1.54, 1.807) is 0 Å². The molecule has 0 amide bonds. The molecule has 0 spiro atoms. The first-order valence-corrected chi connectivity index (χ1v) is 5.29. The van der Waals surface area contributed by atoms with Crippen LogP contribution in [0.1, 0.15) is 25.7 Å². The second-order valence-electron chi connectivity index (χ2n) is 4.51. The summed E-state index contributed by atoms with van der Waals surface area (Å²) in [4.78, 5) is 42.5. The number of nitrogens with two attached hydrogens (primary N) is 2. The van der Waals surface area contributed by atoms with Gasteiger partial charge in [0.25, 0.3) is 0 Å². The molecule has 0 aromatic rings. The van der Waals surface area contributed by atoms with Gasteiger partial charge in [0.2, 0.25) is 0 Å². The number of carbonyl (C=O) groups excluding carboxylic acids is 4. The molecule has 0 aliphatic carbocycles. The minimum Gasteiger partial charge on any atom is -0.550 e. The molecule has 10 nitrogen and oxygen atoms in total. The molecule has 0 aromatic heterocycles. The van der Waals surface area contributed by atoms with Gasteiger partial charge >= 0.3 is 96.9 Å². The van der Waals surface area contributed by atoms with Crippen LogP contribution in [0.5, 0.6) is 0 Å². The summed E-state index contributed by atoms with van der Waals surface area (Å²) in [6.45, 7) is 0. The van der Waals surface area contributed by atoms with Crippen LogP contribution in [0, 0.1) is 0 Å². The molecule has 0 aromatic carbocycles. The average Bonchev–Trinajstić information content (AvgIpc) is 2.10. The summed E-state index contributed by atoms with van der Waals surface area (Å²) in [5.41, 5.74) is 6.20. The molecule has 0 bridgehead atoms. The zero-order valence-corrected chi connectivity index (χ0v) is 19.2. The predicted octanol–water partition coefficient (Wildman–Crippen LogP) is -13.4. The Morgan fingerprint density at radius 2 is 0.739 bits per heavy atom. The van der Waals surface area contributed by atoms with Gasteiger partial charge in [0.05, 0.1) is 0 Å². The molecule has 13 heteroatoms. The van der Waals surface area contributed by atoms with Crippen LogP contribution < -0.4 is 91.0 Å². The molecule has 0 unspecified atom stereocenters. The van der Waals surface area contributed by atoms with Crippen LogP contribution in [0.4, 0.5) is 0 Å². The van der Waals surface area contributed by atoms with Gasteiger partial charge in [0.15, 0.2) is 0 Å². The van der Waals surface area contributed by atoms with Crippen LogP contribution in [0.15, 0.2) is 0 Å². The molecule has 0 fully saturated rings. The van der Waals surface area contributed by atoms with E-state index >= 15 is 0 Å². The van der Waals surface area contributed by atoms with E-state index in [4.69, 9.17) is 11.5 Å². The largest absolute Gasteiger partial charge is 2.00 e. The predicted molar refractivity (Wildman–Crippen MR) is 58.1 cm³/mol. The number of aliphatic carboxylic acids is 4. The second-order valence-corrected chi connectivity index (χ2v) is 4.51. The molecule has 0 aliphatic heterocycles. The maximum absolute atomic E-state index is 10.6. The third kappa shape index (κ3) is 11.3. The Bertz CT molecular complexity index is 377. The summed E-state index contributed by atoms with van der Waals surface area (Å²) in [5.74, 6) is -7.33. The molecule has 4 N–H and O–H groups in total. The van der Waals surface area contributed by atoms with Gasteiger partial charge in [-0.05, 0) is 0 Å². The zero-order valence-electron chi connectivity index (χ0n) is 13.0. The van der Waals surface area contributed by atoms with Gasteiger partial charge in [-0.15, -0.1) is 0 Å². The first kappa shape index (κ1) is 31.8. The number of carboxylic acid groups (broad SMARTS) is 4. The van der Waals surface area contributed by atoms with Crippen molar-refractivity contribution in [2.24, 2.45) is 11.5 Å². The maximum atomic E-state index is 10.6. The van der Waals surface area contributed by atoms with Crippen LogP contribution in [0.2, 0.25) is 0 Å². The van der Waals surface area contributed by atoms with E-state index in [-0.39, 0.29) is 96.9 Å². The van der Waals surface area contributed by atoms with Crippen LogP contribution in [-0.4, -0.2) is 72.7 Å². The Hall–Kier alpha value is 1.06. The van der Waals surface area contributed by atoms with E-state index in [1.807, 2.05) is 0 Å². The summed E-state index contributed by atoms with van der Waals surface area (Å²) in [6.07, 6.45) is -4.73. The van der Waals surface area contributed by atoms with Crippen molar-refractivity contribution in [1.29, 1.82) is 0 Å². The summed E-state index contributed by atoms with van der Waals surface area (Å²) < 4.78 is 0. The minimum absolute atomic E-state index is 0. The third-order valence-electron chi connectivity index (χ3n) is 2.83. The number of carboxylic acids is 4. The summed E-state index contributed by atoms with van der Waals surface area (Å²) in [6, 6.07) is 0. The van der Waals surface area contributed by atoms with Crippen LogP contribution in [0.25, 0.3) is 0 Å². The third-order valence-corrected chi connectivity index (χ3v) is 2.83. The first-order chi connectivity index (χ1) is 8.92. The SMILES string of the molecule is NC(CC(=O)[O-])(CC(=O)[O-])C(N)(CC(=O)[O-])CC(=O)[O-].[Ca+2].[Na+].[Na+]. The number of hydrogen-bond donors (Lipinski definition) is 2. The van der Waals surface area contributed by atoms with E-state index in [1.165, 1.54) is 0 Å². The normalized spacial score (nSPS) is 10.3. The molecule has 0 aliphatic rings. The van der Waals surface area contributed by atoms with E-state index in [9.17, 15) is 39.6 Å². The Labute approximate surface area is 205 Å². The van der Waals surface area contributed by atoms with Gasteiger partial charge in [-0.3, -0.25) is 0 Å². The summed E-state index contributed by atoms with van der Waals surface area (Å²) in [5, 5.41) is 42.5. The summed E-state index contributed by atoms with van der Waals surface area (Å²) in [7, 11) is 0. The zero-order chi connectivity index (χ0) is 16.1. The molecular weight excluding hydrogens is 362 g/mol. The Morgan fingerprint density at radius 3 is 0.826 bits per heavy atom. The Balaban J connectivity index is -0.000000602. The Morgan fingerprint density at radius 1 is 0.609 bits per heavy atom. The number of hydrogen-bond acceptors (Lipinski definition) is 10. The van der Waals surface area contributed by atoms with Crippen LogP contribution >= 0.6 is 0 Å².